The van der Waals surface area contributed by atoms with Crippen LogP contribution in [0, 0.1) is 0 Å². The number of methoxy groups -OCH3 is 1. The Balaban J connectivity index is 1.61. The molecule has 0 saturated heterocycles. The maximum atomic E-state index is 13.7. The van der Waals surface area contributed by atoms with Crippen LogP contribution in [0.5, 0.6) is 5.75 Å². The molecule has 0 fully saturated rings. The van der Waals surface area contributed by atoms with Crippen molar-refractivity contribution in [2.24, 2.45) is 0 Å². The van der Waals surface area contributed by atoms with Crippen molar-refractivity contribution in [2.75, 3.05) is 33.1 Å². The van der Waals surface area contributed by atoms with Gasteiger partial charge in [-0.3, -0.25) is 4.79 Å². The minimum absolute atomic E-state index is 0.0216. The molecule has 4 rings (SSSR count). The number of amides is 1. The first-order valence-electron chi connectivity index (χ1n) is 14.6. The predicted molar refractivity (Wildman–Crippen MR) is 160 cm³/mol. The third-order valence-corrected chi connectivity index (χ3v) is 9.97. The second-order valence-corrected chi connectivity index (χ2v) is 13.3. The van der Waals surface area contributed by atoms with Crippen LogP contribution >= 0.6 is 0 Å². The van der Waals surface area contributed by atoms with Crippen molar-refractivity contribution in [1.82, 2.24) is 14.9 Å². The summed E-state index contributed by atoms with van der Waals surface area (Å²) in [5, 5.41) is 17.7. The van der Waals surface area contributed by atoms with Crippen molar-refractivity contribution < 1.29 is 41.0 Å². The molecule has 1 aliphatic heterocycles. The number of likely N-dealkylation sites (N-methyl/N-ethyl adjacent to an activating group) is 1. The van der Waals surface area contributed by atoms with Gasteiger partial charge >= 0.3 is 6.18 Å². The lowest BCUT2D eigenvalue weighted by molar-refractivity contribution is -0.130. The minimum Gasteiger partial charge on any atom is -0.497 e. The maximum Gasteiger partial charge on any atom is 0.390 e. The number of aliphatic hydroxyl groups is 1. The van der Waals surface area contributed by atoms with Gasteiger partial charge in [0, 0.05) is 20.0 Å². The molecule has 2 aliphatic rings. The average molecular weight is 640 g/mol. The minimum atomic E-state index is -4.66. The number of rotatable bonds is 7. The molecule has 0 saturated carbocycles. The molecular weight excluding hydrogens is 599 g/mol. The topological polar surface area (TPSA) is 117 Å². The third-order valence-electron chi connectivity index (χ3n) is 8.12. The Morgan fingerprint density at radius 1 is 1.14 bits per heavy atom. The first kappa shape index (κ1) is 33.9. The van der Waals surface area contributed by atoms with E-state index < -0.39 is 52.5 Å². The van der Waals surface area contributed by atoms with Crippen molar-refractivity contribution in [3.8, 4) is 5.75 Å². The first-order valence-corrected chi connectivity index (χ1v) is 16.2. The summed E-state index contributed by atoms with van der Waals surface area (Å²) in [7, 11) is -1.72. The maximum absolute atomic E-state index is 13.7. The number of aliphatic hydroxyl groups excluding tert-OH is 1. The van der Waals surface area contributed by atoms with Gasteiger partial charge in [0.05, 0.1) is 50.2 Å². The molecule has 1 amide bonds. The fraction of sp³-hybridized carbons (Fsp3) is 0.516. The van der Waals surface area contributed by atoms with E-state index in [0.717, 1.165) is 28.0 Å². The van der Waals surface area contributed by atoms with Gasteiger partial charge in [-0.2, -0.15) is 17.5 Å². The number of β-amino-alcohol motifs (C(OH)–C–C–N with tert-alkyl or cyclic N) is 1. The van der Waals surface area contributed by atoms with Gasteiger partial charge in [-0.1, -0.05) is 48.6 Å². The number of fused-ring (bicyclic) bond motifs is 3. The van der Waals surface area contributed by atoms with Crippen molar-refractivity contribution in [3.05, 3.63) is 77.4 Å². The van der Waals surface area contributed by atoms with Crippen LogP contribution in [0.4, 0.5) is 13.2 Å². The molecule has 9 nitrogen and oxygen atoms in total. The van der Waals surface area contributed by atoms with Gasteiger partial charge in [-0.05, 0) is 48.1 Å². The highest BCUT2D eigenvalue weighted by Crippen LogP contribution is 2.36. The number of allylic oxidation sites excluding steroid dienone is 1. The van der Waals surface area contributed by atoms with Crippen LogP contribution < -0.4 is 15.4 Å². The summed E-state index contributed by atoms with van der Waals surface area (Å²) in [4.78, 5) is 13.7. The zero-order valence-electron chi connectivity index (χ0n) is 24.8. The molecule has 5 atom stereocenters. The van der Waals surface area contributed by atoms with Gasteiger partial charge in [0.2, 0.25) is 15.9 Å². The van der Waals surface area contributed by atoms with Crippen molar-refractivity contribution >= 4 is 15.9 Å². The fourth-order valence-electron chi connectivity index (χ4n) is 5.61. The Kier molecular flexibility index (Phi) is 11.5. The van der Waals surface area contributed by atoms with E-state index >= 15 is 0 Å². The third kappa shape index (κ3) is 9.04. The Hall–Kier alpha value is -2.97. The Morgan fingerprint density at radius 2 is 1.89 bits per heavy atom. The molecule has 2 aromatic carbocycles. The highest BCUT2D eigenvalue weighted by molar-refractivity contribution is 7.89. The number of alkyl halides is 3. The SMILES string of the molecule is COc1ccc2c(c1)[C@H]1NC[C@@H](O)[C@H](Cc3ccccc3)NC(=O)[C@@H](N(C)S(=O)(=O)CCC(F)(F)F)CC/C=C/CO[C@H]1C2. The average Bonchev–Trinajstić information content (AvgIpc) is 3.33. The van der Waals surface area contributed by atoms with E-state index in [1.54, 1.807) is 19.3 Å². The molecule has 1 aliphatic carbocycles. The van der Waals surface area contributed by atoms with E-state index in [0.29, 0.717) is 12.2 Å². The molecule has 0 radical (unpaired) electrons. The van der Waals surface area contributed by atoms with Crippen LogP contribution in [0.3, 0.4) is 0 Å². The molecule has 0 spiro atoms. The van der Waals surface area contributed by atoms with E-state index in [9.17, 15) is 31.5 Å². The summed E-state index contributed by atoms with van der Waals surface area (Å²) in [6.07, 6.45) is -2.81. The summed E-state index contributed by atoms with van der Waals surface area (Å²) < 4.78 is 76.7. The molecule has 3 N–H and O–H groups in total. The Bertz CT molecular complexity index is 1390. The van der Waals surface area contributed by atoms with Crippen molar-refractivity contribution in [2.45, 2.75) is 68.6 Å². The van der Waals surface area contributed by atoms with Crippen molar-refractivity contribution in [1.29, 1.82) is 0 Å². The number of hydrogen-bond acceptors (Lipinski definition) is 7. The number of benzene rings is 2. The number of carbonyl (C=O) groups is 1. The van der Waals surface area contributed by atoms with Gasteiger partial charge in [-0.25, -0.2) is 8.42 Å². The second kappa shape index (κ2) is 14.9. The second-order valence-electron chi connectivity index (χ2n) is 11.2. The normalized spacial score (nSPS) is 26.2. The van der Waals surface area contributed by atoms with Crippen LogP contribution in [0.2, 0.25) is 0 Å². The fourth-order valence-corrected chi connectivity index (χ4v) is 6.97. The number of carbonyl (C=O) groups excluding carboxylic acids is 1. The van der Waals surface area contributed by atoms with Crippen LogP contribution in [-0.2, 0) is 32.4 Å². The van der Waals surface area contributed by atoms with Gasteiger partial charge < -0.3 is 25.2 Å². The molecule has 1 heterocycles. The Morgan fingerprint density at radius 3 is 2.59 bits per heavy atom. The smallest absolute Gasteiger partial charge is 0.390 e. The number of ether oxygens (including phenoxy) is 2. The number of nitrogens with one attached hydrogen (secondary N) is 2. The lowest BCUT2D eigenvalue weighted by Gasteiger charge is -2.31. The van der Waals surface area contributed by atoms with Crippen LogP contribution in [0.25, 0.3) is 0 Å². The largest absolute Gasteiger partial charge is 0.497 e. The zero-order chi connectivity index (χ0) is 31.9. The van der Waals surface area contributed by atoms with Gasteiger partial charge in [0.15, 0.2) is 0 Å². The lowest BCUT2D eigenvalue weighted by Crippen LogP contribution is -2.55. The summed E-state index contributed by atoms with van der Waals surface area (Å²) >= 11 is 0. The van der Waals surface area contributed by atoms with Crippen LogP contribution in [0.1, 0.15) is 42.0 Å². The first-order chi connectivity index (χ1) is 20.9. The number of sulfonamides is 1. The molecular formula is C31H40F3N3O6S. The van der Waals surface area contributed by atoms with Gasteiger partial charge in [0.25, 0.3) is 0 Å². The molecule has 0 aromatic heterocycles. The molecule has 242 valence electrons. The highest BCUT2D eigenvalue weighted by Gasteiger charge is 2.38. The molecule has 0 unspecified atom stereocenters. The quantitative estimate of drug-likeness (QED) is 0.398. The summed E-state index contributed by atoms with van der Waals surface area (Å²) in [5.74, 6) is -1.18. The van der Waals surface area contributed by atoms with Crippen LogP contribution in [0.15, 0.2) is 60.7 Å². The number of hydrogen-bond donors (Lipinski definition) is 3. The molecule has 13 heteroatoms. The standard InChI is InChI=1S/C31H40F3N3O6S/c1-37(44(40,41)16-14-31(32,33)34)26-11-7-4-8-15-43-28-18-22-12-13-23(42-2)19-24(22)29(28)35-20-27(38)25(36-30(26)39)17-21-9-5-3-6-10-21/h3-6,8-10,12-13,19,25-29,35,38H,7,11,14-18,20H2,1-2H3,(H,36,39)/b8-4+/t25-,26-,27+,28-,29+/m0/s1. The summed E-state index contributed by atoms with van der Waals surface area (Å²) in [6, 6.07) is 12.6. The predicted octanol–water partition coefficient (Wildman–Crippen LogP) is 3.29. The van der Waals surface area contributed by atoms with Gasteiger partial charge in [0.1, 0.15) is 11.8 Å². The summed E-state index contributed by atoms with van der Waals surface area (Å²) in [6.45, 7) is 0.322. The monoisotopic (exact) mass is 639 g/mol. The van der Waals surface area contributed by atoms with E-state index in [1.165, 1.54) is 0 Å². The zero-order valence-corrected chi connectivity index (χ0v) is 25.6. The van der Waals surface area contributed by atoms with E-state index in [-0.39, 0.29) is 44.6 Å². The lowest BCUT2D eigenvalue weighted by atomic mass is 9.99. The number of halogens is 3. The van der Waals surface area contributed by atoms with Gasteiger partial charge in [-0.15, -0.1) is 0 Å². The summed E-state index contributed by atoms with van der Waals surface area (Å²) in [5.41, 5.74) is 2.92. The van der Waals surface area contributed by atoms with E-state index in [4.69, 9.17) is 9.47 Å². The highest BCUT2D eigenvalue weighted by atomic mass is 32.2. The van der Waals surface area contributed by atoms with E-state index in [2.05, 4.69) is 10.6 Å². The molecule has 2 aromatic rings. The molecule has 0 bridgehead atoms. The van der Waals surface area contributed by atoms with Crippen molar-refractivity contribution in [3.63, 3.8) is 0 Å². The van der Waals surface area contributed by atoms with E-state index in [1.807, 2.05) is 48.5 Å². The molecule has 44 heavy (non-hydrogen) atoms. The Labute approximate surface area is 256 Å². The van der Waals surface area contributed by atoms with Crippen LogP contribution in [-0.4, -0.2) is 87.3 Å². The number of nitrogens with zero attached hydrogens (tertiary/aromatic N) is 1.